The van der Waals surface area contributed by atoms with E-state index in [9.17, 15) is 9.59 Å². The van der Waals surface area contributed by atoms with Crippen molar-refractivity contribution >= 4 is 11.8 Å². The lowest BCUT2D eigenvalue weighted by molar-refractivity contribution is -0.138. The highest BCUT2D eigenvalue weighted by atomic mass is 16.5. The Hall–Kier alpha value is -2.04. The Morgan fingerprint density at radius 2 is 2.17 bits per heavy atom. The summed E-state index contributed by atoms with van der Waals surface area (Å²) in [6.07, 6.45) is 4.03. The standard InChI is InChI=1S/C18H24N2O3/c1-23-16-7-3-2-5-13(16)11-15-6-4-10-20(15)18(22)14-8-9-17(21)19-12-14/h2-3,5,7,14-15H,4,6,8-12H2,1H3,(H,19,21)/t14-,15+/m0/s1. The number of benzene rings is 1. The van der Waals surface area contributed by atoms with Crippen molar-refractivity contribution in [3.05, 3.63) is 29.8 Å². The first-order chi connectivity index (χ1) is 11.2. The van der Waals surface area contributed by atoms with Gasteiger partial charge < -0.3 is 15.0 Å². The van der Waals surface area contributed by atoms with Crippen molar-refractivity contribution in [1.82, 2.24) is 10.2 Å². The van der Waals surface area contributed by atoms with Gasteiger partial charge in [-0.05, 0) is 37.3 Å². The monoisotopic (exact) mass is 316 g/mol. The predicted octanol–water partition coefficient (Wildman–Crippen LogP) is 1.75. The zero-order valence-electron chi connectivity index (χ0n) is 13.6. The topological polar surface area (TPSA) is 58.6 Å². The van der Waals surface area contributed by atoms with Crippen LogP contribution in [0.25, 0.3) is 0 Å². The summed E-state index contributed by atoms with van der Waals surface area (Å²) in [5.74, 6) is 1.08. The van der Waals surface area contributed by atoms with Gasteiger partial charge in [-0.3, -0.25) is 9.59 Å². The molecule has 0 unspecified atom stereocenters. The molecule has 2 fully saturated rings. The maximum Gasteiger partial charge on any atom is 0.227 e. The second-order valence-electron chi connectivity index (χ2n) is 6.38. The molecule has 5 nitrogen and oxygen atoms in total. The predicted molar refractivity (Wildman–Crippen MR) is 87.2 cm³/mol. The molecule has 1 N–H and O–H groups in total. The third kappa shape index (κ3) is 3.49. The van der Waals surface area contributed by atoms with Crippen LogP contribution in [0, 0.1) is 5.92 Å². The minimum atomic E-state index is -0.0639. The Morgan fingerprint density at radius 1 is 1.35 bits per heavy atom. The lowest BCUT2D eigenvalue weighted by atomic mass is 9.96. The Labute approximate surface area is 137 Å². The number of carbonyl (C=O) groups is 2. The van der Waals surface area contributed by atoms with Crippen molar-refractivity contribution in [1.29, 1.82) is 0 Å². The summed E-state index contributed by atoms with van der Waals surface area (Å²) >= 11 is 0. The van der Waals surface area contributed by atoms with Crippen LogP contribution in [0.5, 0.6) is 5.75 Å². The summed E-state index contributed by atoms with van der Waals surface area (Å²) < 4.78 is 5.43. The first-order valence-corrected chi connectivity index (χ1v) is 8.38. The average molecular weight is 316 g/mol. The molecule has 0 bridgehead atoms. The van der Waals surface area contributed by atoms with E-state index in [1.165, 1.54) is 0 Å². The van der Waals surface area contributed by atoms with Gasteiger partial charge in [0, 0.05) is 25.6 Å². The zero-order chi connectivity index (χ0) is 16.2. The summed E-state index contributed by atoms with van der Waals surface area (Å²) in [5.41, 5.74) is 1.15. The molecule has 1 aromatic rings. The SMILES string of the molecule is COc1ccccc1C[C@H]1CCCN1C(=O)[C@H]1CCC(=O)NC1. The van der Waals surface area contributed by atoms with Gasteiger partial charge in [-0.2, -0.15) is 0 Å². The average Bonchev–Trinajstić information content (AvgIpc) is 3.03. The smallest absolute Gasteiger partial charge is 0.227 e. The summed E-state index contributed by atoms with van der Waals surface area (Å²) in [5, 5.41) is 2.81. The quantitative estimate of drug-likeness (QED) is 0.921. The Kier molecular flexibility index (Phi) is 4.84. The van der Waals surface area contributed by atoms with Crippen LogP contribution in [0.3, 0.4) is 0 Å². The van der Waals surface area contributed by atoms with E-state index in [0.717, 1.165) is 37.1 Å². The highest BCUT2D eigenvalue weighted by molar-refractivity contribution is 5.84. The molecule has 3 rings (SSSR count). The Bertz CT molecular complexity index is 577. The minimum absolute atomic E-state index is 0.0565. The molecule has 0 saturated carbocycles. The first kappa shape index (κ1) is 15.8. The van der Waals surface area contributed by atoms with Crippen LogP contribution in [0.15, 0.2) is 24.3 Å². The van der Waals surface area contributed by atoms with Gasteiger partial charge in [-0.1, -0.05) is 18.2 Å². The van der Waals surface area contributed by atoms with Crippen molar-refractivity contribution < 1.29 is 14.3 Å². The largest absolute Gasteiger partial charge is 0.496 e. The molecule has 2 saturated heterocycles. The van der Waals surface area contributed by atoms with Gasteiger partial charge in [-0.15, -0.1) is 0 Å². The van der Waals surface area contributed by atoms with Gasteiger partial charge in [0.2, 0.25) is 11.8 Å². The molecule has 0 spiro atoms. The molecule has 2 aliphatic rings. The first-order valence-electron chi connectivity index (χ1n) is 8.38. The number of para-hydroxylation sites is 1. The molecule has 2 amide bonds. The van der Waals surface area contributed by atoms with Crippen LogP contribution < -0.4 is 10.1 Å². The van der Waals surface area contributed by atoms with E-state index in [-0.39, 0.29) is 23.8 Å². The molecule has 0 radical (unpaired) electrons. The number of nitrogens with zero attached hydrogens (tertiary/aromatic N) is 1. The second-order valence-corrected chi connectivity index (χ2v) is 6.38. The summed E-state index contributed by atoms with van der Waals surface area (Å²) in [6, 6.07) is 8.24. The molecule has 2 atom stereocenters. The van der Waals surface area contributed by atoms with Gasteiger partial charge in [0.15, 0.2) is 0 Å². The van der Waals surface area contributed by atoms with Gasteiger partial charge >= 0.3 is 0 Å². The van der Waals surface area contributed by atoms with E-state index in [1.54, 1.807) is 7.11 Å². The van der Waals surface area contributed by atoms with Gasteiger partial charge in [0.05, 0.1) is 13.0 Å². The van der Waals surface area contributed by atoms with Crippen LogP contribution in [0.1, 0.15) is 31.2 Å². The lowest BCUT2D eigenvalue weighted by Crippen LogP contribution is -2.46. The Morgan fingerprint density at radius 3 is 2.91 bits per heavy atom. The normalized spacial score (nSPS) is 24.4. The molecular weight excluding hydrogens is 292 g/mol. The molecular formula is C18H24N2O3. The molecule has 2 aliphatic heterocycles. The highest BCUT2D eigenvalue weighted by Crippen LogP contribution is 2.28. The van der Waals surface area contributed by atoms with E-state index in [2.05, 4.69) is 11.4 Å². The second kappa shape index (κ2) is 7.02. The van der Waals surface area contributed by atoms with Gasteiger partial charge in [0.1, 0.15) is 5.75 Å². The third-order valence-corrected chi connectivity index (χ3v) is 4.92. The third-order valence-electron chi connectivity index (χ3n) is 4.92. The van der Waals surface area contributed by atoms with Gasteiger partial charge in [0.25, 0.3) is 0 Å². The zero-order valence-corrected chi connectivity index (χ0v) is 13.6. The van der Waals surface area contributed by atoms with E-state index in [0.29, 0.717) is 19.4 Å². The number of methoxy groups -OCH3 is 1. The number of nitrogens with one attached hydrogen (secondary N) is 1. The number of carbonyl (C=O) groups excluding carboxylic acids is 2. The van der Waals surface area contributed by atoms with E-state index in [1.807, 2.05) is 23.1 Å². The van der Waals surface area contributed by atoms with Crippen molar-refractivity contribution in [2.24, 2.45) is 5.92 Å². The van der Waals surface area contributed by atoms with Crippen LogP contribution in [-0.2, 0) is 16.0 Å². The van der Waals surface area contributed by atoms with E-state index in [4.69, 9.17) is 4.74 Å². The molecule has 23 heavy (non-hydrogen) atoms. The number of hydrogen-bond donors (Lipinski definition) is 1. The number of ether oxygens (including phenoxy) is 1. The maximum atomic E-state index is 12.8. The fourth-order valence-corrected chi connectivity index (χ4v) is 3.64. The molecule has 2 heterocycles. The van der Waals surface area contributed by atoms with Crippen LogP contribution in [0.4, 0.5) is 0 Å². The maximum absolute atomic E-state index is 12.8. The Balaban J connectivity index is 1.67. The summed E-state index contributed by atoms with van der Waals surface area (Å²) in [6.45, 7) is 1.30. The fourth-order valence-electron chi connectivity index (χ4n) is 3.64. The molecule has 1 aromatic carbocycles. The number of hydrogen-bond acceptors (Lipinski definition) is 3. The molecule has 124 valence electrons. The fraction of sp³-hybridized carbons (Fsp3) is 0.556. The van der Waals surface area contributed by atoms with E-state index >= 15 is 0 Å². The molecule has 5 heteroatoms. The number of likely N-dealkylation sites (tertiary alicyclic amines) is 1. The van der Waals surface area contributed by atoms with Crippen molar-refractivity contribution in [3.8, 4) is 5.75 Å². The minimum Gasteiger partial charge on any atom is -0.496 e. The molecule has 0 aliphatic carbocycles. The summed E-state index contributed by atoms with van der Waals surface area (Å²) in [4.78, 5) is 26.1. The number of rotatable bonds is 4. The molecule has 0 aromatic heterocycles. The number of amides is 2. The lowest BCUT2D eigenvalue weighted by Gasteiger charge is -2.31. The van der Waals surface area contributed by atoms with Crippen LogP contribution in [-0.4, -0.2) is 43.0 Å². The van der Waals surface area contributed by atoms with Crippen molar-refractivity contribution in [2.75, 3.05) is 20.2 Å². The highest BCUT2D eigenvalue weighted by Gasteiger charge is 2.34. The summed E-state index contributed by atoms with van der Waals surface area (Å²) in [7, 11) is 1.68. The van der Waals surface area contributed by atoms with E-state index < -0.39 is 0 Å². The van der Waals surface area contributed by atoms with Crippen LogP contribution >= 0.6 is 0 Å². The van der Waals surface area contributed by atoms with Crippen molar-refractivity contribution in [3.63, 3.8) is 0 Å². The van der Waals surface area contributed by atoms with Crippen molar-refractivity contribution in [2.45, 2.75) is 38.1 Å². The number of piperidine rings is 1. The van der Waals surface area contributed by atoms with Crippen LogP contribution in [0.2, 0.25) is 0 Å². The van der Waals surface area contributed by atoms with Gasteiger partial charge in [-0.25, -0.2) is 0 Å².